The lowest BCUT2D eigenvalue weighted by molar-refractivity contribution is 0.0696. The van der Waals surface area contributed by atoms with Gasteiger partial charge in [0.15, 0.2) is 0 Å². The quantitative estimate of drug-likeness (QED) is 0.897. The van der Waals surface area contributed by atoms with Crippen molar-refractivity contribution in [1.82, 2.24) is 4.98 Å². The molecule has 0 saturated carbocycles. The molecule has 1 aromatic heterocycles. The predicted molar refractivity (Wildman–Crippen MR) is 73.4 cm³/mol. The number of carbonyl (C=O) groups is 1. The molecule has 1 heterocycles. The first-order valence-electron chi connectivity index (χ1n) is 5.47. The lowest BCUT2D eigenvalue weighted by atomic mass is 10.2. The molecule has 110 valence electrons. The molecule has 0 saturated heterocycles. The topological polar surface area (TPSA) is 96.4 Å². The van der Waals surface area contributed by atoms with Crippen molar-refractivity contribution in [3.63, 3.8) is 0 Å². The van der Waals surface area contributed by atoms with Gasteiger partial charge in [-0.05, 0) is 24.3 Å². The molecule has 21 heavy (non-hydrogen) atoms. The van der Waals surface area contributed by atoms with Crippen molar-refractivity contribution in [1.29, 1.82) is 0 Å². The Balaban J connectivity index is 2.48. The SMILES string of the molecule is O=C(O)c1cc(S(=O)(=O)Nc2ccccn2)cc(F)c1Cl. The number of carboxylic acid groups (broad SMARTS) is 1. The molecule has 0 spiro atoms. The number of anilines is 1. The zero-order chi connectivity index (χ0) is 15.6. The Morgan fingerprint density at radius 2 is 2.05 bits per heavy atom. The number of nitrogens with zero attached hydrogens (tertiary/aromatic N) is 1. The second-order valence-corrected chi connectivity index (χ2v) is 5.95. The third kappa shape index (κ3) is 3.29. The maximum atomic E-state index is 13.6. The average molecular weight is 331 g/mol. The summed E-state index contributed by atoms with van der Waals surface area (Å²) in [4.78, 5) is 14.1. The van der Waals surface area contributed by atoms with Gasteiger partial charge in [0.2, 0.25) is 0 Å². The van der Waals surface area contributed by atoms with Crippen LogP contribution in [0.4, 0.5) is 10.2 Å². The maximum Gasteiger partial charge on any atom is 0.337 e. The molecule has 0 aliphatic rings. The predicted octanol–water partition coefficient (Wildman–Crippen LogP) is 2.37. The lowest BCUT2D eigenvalue weighted by Gasteiger charge is -2.09. The Hall–Kier alpha value is -2.19. The molecule has 0 amide bonds. The maximum absolute atomic E-state index is 13.6. The van der Waals surface area contributed by atoms with Crippen LogP contribution in [0.5, 0.6) is 0 Å². The van der Waals surface area contributed by atoms with Crippen LogP contribution in [0.25, 0.3) is 0 Å². The zero-order valence-corrected chi connectivity index (χ0v) is 11.8. The monoisotopic (exact) mass is 330 g/mol. The Morgan fingerprint density at radius 3 is 2.62 bits per heavy atom. The van der Waals surface area contributed by atoms with Gasteiger partial charge in [0.1, 0.15) is 11.6 Å². The summed E-state index contributed by atoms with van der Waals surface area (Å²) in [6, 6.07) is 5.94. The smallest absolute Gasteiger partial charge is 0.337 e. The number of sulfonamides is 1. The number of rotatable bonds is 4. The van der Waals surface area contributed by atoms with E-state index in [2.05, 4.69) is 9.71 Å². The third-order valence-electron chi connectivity index (χ3n) is 2.45. The molecule has 2 N–H and O–H groups in total. The number of pyridine rings is 1. The molecule has 0 aliphatic carbocycles. The zero-order valence-electron chi connectivity index (χ0n) is 10.2. The van der Waals surface area contributed by atoms with Crippen LogP contribution in [0.15, 0.2) is 41.4 Å². The summed E-state index contributed by atoms with van der Waals surface area (Å²) in [5.41, 5.74) is -0.641. The number of carboxylic acids is 1. The minimum absolute atomic E-state index is 0.0183. The summed E-state index contributed by atoms with van der Waals surface area (Å²) in [7, 11) is -4.18. The van der Waals surface area contributed by atoms with E-state index in [4.69, 9.17) is 16.7 Å². The van der Waals surface area contributed by atoms with Crippen LogP contribution in [0, 0.1) is 5.82 Å². The Morgan fingerprint density at radius 1 is 1.33 bits per heavy atom. The van der Waals surface area contributed by atoms with Crippen molar-refractivity contribution < 1.29 is 22.7 Å². The normalized spacial score (nSPS) is 11.1. The van der Waals surface area contributed by atoms with Gasteiger partial charge in [0.25, 0.3) is 10.0 Å². The molecular weight excluding hydrogens is 323 g/mol. The highest BCUT2D eigenvalue weighted by atomic mass is 35.5. The highest BCUT2D eigenvalue weighted by Gasteiger charge is 2.22. The molecular formula is C12H8ClFN2O4S. The number of halogens is 2. The first-order valence-corrected chi connectivity index (χ1v) is 7.33. The minimum atomic E-state index is -4.18. The van der Waals surface area contributed by atoms with Gasteiger partial charge in [-0.25, -0.2) is 22.6 Å². The number of hydrogen-bond acceptors (Lipinski definition) is 4. The Kier molecular flexibility index (Phi) is 4.10. The molecule has 0 atom stereocenters. The van der Waals surface area contributed by atoms with Crippen LogP contribution in [0.1, 0.15) is 10.4 Å². The molecule has 9 heteroatoms. The van der Waals surface area contributed by atoms with Crippen LogP contribution in [-0.2, 0) is 10.0 Å². The van der Waals surface area contributed by atoms with Gasteiger partial charge in [-0.1, -0.05) is 17.7 Å². The molecule has 6 nitrogen and oxygen atoms in total. The number of aromatic carboxylic acids is 1. The number of aromatic nitrogens is 1. The first kappa shape index (κ1) is 15.2. The highest BCUT2D eigenvalue weighted by molar-refractivity contribution is 7.92. The summed E-state index contributed by atoms with van der Waals surface area (Å²) in [5.74, 6) is -2.66. The second-order valence-electron chi connectivity index (χ2n) is 3.89. The molecule has 2 rings (SSSR count). The van der Waals surface area contributed by atoms with E-state index in [1.54, 1.807) is 12.1 Å². The number of nitrogens with one attached hydrogen (secondary N) is 1. The lowest BCUT2D eigenvalue weighted by Crippen LogP contribution is -2.15. The summed E-state index contributed by atoms with van der Waals surface area (Å²) >= 11 is 5.49. The minimum Gasteiger partial charge on any atom is -0.478 e. The first-order chi connectivity index (χ1) is 9.81. The van der Waals surface area contributed by atoms with Crippen molar-refractivity contribution >= 4 is 33.4 Å². The molecule has 0 bridgehead atoms. The average Bonchev–Trinajstić information content (AvgIpc) is 2.41. The molecule has 0 unspecified atom stereocenters. The molecule has 0 fully saturated rings. The van der Waals surface area contributed by atoms with Crippen LogP contribution in [0.3, 0.4) is 0 Å². The van der Waals surface area contributed by atoms with Crippen molar-refractivity contribution in [3.05, 3.63) is 52.9 Å². The summed E-state index contributed by atoms with van der Waals surface area (Å²) in [5, 5.41) is 8.24. The van der Waals surface area contributed by atoms with Gasteiger partial charge in [-0.2, -0.15) is 0 Å². The summed E-state index contributed by atoms with van der Waals surface area (Å²) in [6.07, 6.45) is 1.36. The van der Waals surface area contributed by atoms with E-state index < -0.39 is 37.3 Å². The van der Waals surface area contributed by atoms with Gasteiger partial charge in [-0.3, -0.25) is 4.72 Å². The van der Waals surface area contributed by atoms with Gasteiger partial charge >= 0.3 is 5.97 Å². The molecule has 0 aliphatic heterocycles. The largest absolute Gasteiger partial charge is 0.478 e. The number of hydrogen-bond donors (Lipinski definition) is 2. The molecule has 0 radical (unpaired) electrons. The van der Waals surface area contributed by atoms with Crippen molar-refractivity contribution in [2.75, 3.05) is 4.72 Å². The van der Waals surface area contributed by atoms with Crippen LogP contribution in [-0.4, -0.2) is 24.5 Å². The van der Waals surface area contributed by atoms with Crippen molar-refractivity contribution in [2.24, 2.45) is 0 Å². The fourth-order valence-electron chi connectivity index (χ4n) is 1.49. The van der Waals surface area contributed by atoms with E-state index in [0.717, 1.165) is 6.07 Å². The summed E-state index contributed by atoms with van der Waals surface area (Å²) in [6.45, 7) is 0. The second kappa shape index (κ2) is 5.66. The standard InChI is InChI=1S/C12H8ClFN2O4S/c13-11-8(12(17)18)5-7(6-9(11)14)21(19,20)16-10-3-1-2-4-15-10/h1-6H,(H,15,16)(H,17,18). The van der Waals surface area contributed by atoms with E-state index in [-0.39, 0.29) is 5.82 Å². The van der Waals surface area contributed by atoms with E-state index in [1.165, 1.54) is 12.3 Å². The van der Waals surface area contributed by atoms with E-state index in [9.17, 15) is 17.6 Å². The van der Waals surface area contributed by atoms with Gasteiger partial charge < -0.3 is 5.11 Å². The van der Waals surface area contributed by atoms with Gasteiger partial charge in [0, 0.05) is 6.20 Å². The van der Waals surface area contributed by atoms with E-state index >= 15 is 0 Å². The number of benzene rings is 1. The Bertz CT molecular complexity index is 796. The Labute approximate surface area is 124 Å². The fourth-order valence-corrected chi connectivity index (χ4v) is 2.73. The van der Waals surface area contributed by atoms with E-state index in [0.29, 0.717) is 6.07 Å². The fraction of sp³-hybridized carbons (Fsp3) is 0. The van der Waals surface area contributed by atoms with Crippen molar-refractivity contribution in [2.45, 2.75) is 4.90 Å². The van der Waals surface area contributed by atoms with Gasteiger partial charge in [0.05, 0.1) is 15.5 Å². The molecule has 2 aromatic rings. The van der Waals surface area contributed by atoms with Crippen LogP contribution < -0.4 is 4.72 Å². The molecule has 1 aromatic carbocycles. The highest BCUT2D eigenvalue weighted by Crippen LogP contribution is 2.25. The van der Waals surface area contributed by atoms with Gasteiger partial charge in [-0.15, -0.1) is 0 Å². The van der Waals surface area contributed by atoms with Crippen LogP contribution in [0.2, 0.25) is 5.02 Å². The van der Waals surface area contributed by atoms with E-state index in [1.807, 2.05) is 0 Å². The van der Waals surface area contributed by atoms with Crippen LogP contribution >= 0.6 is 11.6 Å². The summed E-state index contributed by atoms with van der Waals surface area (Å²) < 4.78 is 39.8. The van der Waals surface area contributed by atoms with Crippen molar-refractivity contribution in [3.8, 4) is 0 Å². The third-order valence-corrected chi connectivity index (χ3v) is 4.16.